The molecule has 6 nitrogen and oxygen atoms in total. The first-order valence-corrected chi connectivity index (χ1v) is 8.46. The van der Waals surface area contributed by atoms with E-state index in [1.54, 1.807) is 14.2 Å². The SMILES string of the molecule is COc1cc(NC(=O)N2CCCN(C)CC2)cc(OC)c1C(C)C. The quantitative estimate of drug-likeness (QED) is 0.919. The van der Waals surface area contributed by atoms with Gasteiger partial charge in [0.25, 0.3) is 0 Å². The van der Waals surface area contributed by atoms with Crippen molar-refractivity contribution in [3.63, 3.8) is 0 Å². The van der Waals surface area contributed by atoms with E-state index in [1.165, 1.54) is 0 Å². The predicted molar refractivity (Wildman–Crippen MR) is 96.3 cm³/mol. The molecular weight excluding hydrogens is 306 g/mol. The molecule has 6 heteroatoms. The number of nitrogens with one attached hydrogen (secondary N) is 1. The van der Waals surface area contributed by atoms with Gasteiger partial charge < -0.3 is 24.6 Å². The Morgan fingerprint density at radius 2 is 1.71 bits per heavy atom. The Balaban J connectivity index is 2.18. The van der Waals surface area contributed by atoms with Crippen LogP contribution in [0.3, 0.4) is 0 Å². The number of benzene rings is 1. The van der Waals surface area contributed by atoms with Crippen molar-refractivity contribution in [1.29, 1.82) is 0 Å². The zero-order valence-corrected chi connectivity index (χ0v) is 15.4. The Morgan fingerprint density at radius 1 is 1.08 bits per heavy atom. The van der Waals surface area contributed by atoms with E-state index < -0.39 is 0 Å². The molecule has 1 aliphatic heterocycles. The Labute approximate surface area is 144 Å². The van der Waals surface area contributed by atoms with E-state index in [-0.39, 0.29) is 11.9 Å². The highest BCUT2D eigenvalue weighted by molar-refractivity contribution is 5.90. The second-order valence-electron chi connectivity index (χ2n) is 6.52. The Morgan fingerprint density at radius 3 is 2.25 bits per heavy atom. The molecule has 0 radical (unpaired) electrons. The summed E-state index contributed by atoms with van der Waals surface area (Å²) in [4.78, 5) is 16.7. The molecule has 1 aliphatic rings. The van der Waals surface area contributed by atoms with E-state index in [1.807, 2.05) is 17.0 Å². The fourth-order valence-corrected chi connectivity index (χ4v) is 3.03. The van der Waals surface area contributed by atoms with Crippen LogP contribution in [-0.4, -0.2) is 63.3 Å². The van der Waals surface area contributed by atoms with Gasteiger partial charge in [-0.15, -0.1) is 0 Å². The van der Waals surface area contributed by atoms with Gasteiger partial charge in [-0.3, -0.25) is 0 Å². The van der Waals surface area contributed by atoms with Gasteiger partial charge in [0.05, 0.1) is 14.2 Å². The number of hydrogen-bond donors (Lipinski definition) is 1. The van der Waals surface area contributed by atoms with Gasteiger partial charge in [-0.2, -0.15) is 0 Å². The van der Waals surface area contributed by atoms with E-state index in [0.29, 0.717) is 5.69 Å². The van der Waals surface area contributed by atoms with Crippen molar-refractivity contribution in [2.75, 3.05) is 52.8 Å². The first kappa shape index (κ1) is 18.4. The highest BCUT2D eigenvalue weighted by atomic mass is 16.5. The summed E-state index contributed by atoms with van der Waals surface area (Å²) in [6, 6.07) is 3.64. The van der Waals surface area contributed by atoms with E-state index >= 15 is 0 Å². The molecule has 134 valence electrons. The lowest BCUT2D eigenvalue weighted by Gasteiger charge is -2.22. The number of carbonyl (C=O) groups excluding carboxylic acids is 1. The van der Waals surface area contributed by atoms with E-state index in [2.05, 4.69) is 31.1 Å². The van der Waals surface area contributed by atoms with Crippen LogP contribution < -0.4 is 14.8 Å². The van der Waals surface area contributed by atoms with Gasteiger partial charge in [-0.1, -0.05) is 13.8 Å². The predicted octanol–water partition coefficient (Wildman–Crippen LogP) is 3.00. The van der Waals surface area contributed by atoms with Crippen molar-refractivity contribution in [3.05, 3.63) is 17.7 Å². The first-order chi connectivity index (χ1) is 11.5. The van der Waals surface area contributed by atoms with Gasteiger partial charge in [-0.25, -0.2) is 4.79 Å². The Kier molecular flexibility index (Phi) is 6.31. The maximum Gasteiger partial charge on any atom is 0.321 e. The smallest absolute Gasteiger partial charge is 0.321 e. The summed E-state index contributed by atoms with van der Waals surface area (Å²) in [7, 11) is 5.36. The molecule has 1 aromatic carbocycles. The van der Waals surface area contributed by atoms with Crippen LogP contribution in [0.4, 0.5) is 10.5 Å². The number of methoxy groups -OCH3 is 2. The first-order valence-electron chi connectivity index (χ1n) is 8.46. The normalized spacial score (nSPS) is 16.0. The van der Waals surface area contributed by atoms with Gasteiger partial charge in [0, 0.05) is 43.0 Å². The Hall–Kier alpha value is -1.95. The number of carbonyl (C=O) groups is 1. The lowest BCUT2D eigenvalue weighted by Crippen LogP contribution is -2.37. The van der Waals surface area contributed by atoms with Crippen molar-refractivity contribution >= 4 is 11.7 Å². The zero-order valence-electron chi connectivity index (χ0n) is 15.4. The summed E-state index contributed by atoms with van der Waals surface area (Å²) in [6.45, 7) is 7.61. The summed E-state index contributed by atoms with van der Waals surface area (Å²) in [5.74, 6) is 1.73. The molecule has 2 rings (SSSR count). The van der Waals surface area contributed by atoms with Crippen LogP contribution in [-0.2, 0) is 0 Å². The number of ether oxygens (including phenoxy) is 2. The molecule has 0 spiro atoms. The molecular formula is C18H29N3O3. The number of rotatable bonds is 4. The summed E-state index contributed by atoms with van der Waals surface area (Å²) < 4.78 is 11.0. The lowest BCUT2D eigenvalue weighted by molar-refractivity contribution is 0.213. The molecule has 1 saturated heterocycles. The molecule has 0 unspecified atom stereocenters. The molecule has 24 heavy (non-hydrogen) atoms. The highest BCUT2D eigenvalue weighted by Gasteiger charge is 2.20. The standard InChI is InChI=1S/C18H29N3O3/c1-13(2)17-15(23-4)11-14(12-16(17)24-5)19-18(22)21-8-6-7-20(3)9-10-21/h11-13H,6-10H2,1-5H3,(H,19,22). The van der Waals surface area contributed by atoms with E-state index in [4.69, 9.17) is 9.47 Å². The number of amides is 2. The minimum atomic E-state index is -0.0771. The monoisotopic (exact) mass is 335 g/mol. The molecule has 0 aromatic heterocycles. The lowest BCUT2D eigenvalue weighted by atomic mass is 10.00. The molecule has 0 bridgehead atoms. The van der Waals surface area contributed by atoms with Crippen LogP contribution in [0, 0.1) is 0 Å². The van der Waals surface area contributed by atoms with Crippen LogP contribution in [0.2, 0.25) is 0 Å². The van der Waals surface area contributed by atoms with E-state index in [9.17, 15) is 4.79 Å². The van der Waals surface area contributed by atoms with Crippen molar-refractivity contribution in [1.82, 2.24) is 9.80 Å². The molecule has 0 atom stereocenters. The van der Waals surface area contributed by atoms with Crippen molar-refractivity contribution in [3.8, 4) is 11.5 Å². The third-order valence-corrected chi connectivity index (χ3v) is 4.38. The van der Waals surface area contributed by atoms with Crippen molar-refractivity contribution in [2.45, 2.75) is 26.2 Å². The molecule has 0 saturated carbocycles. The summed E-state index contributed by atoms with van der Waals surface area (Å²) in [6.07, 6.45) is 0.989. The summed E-state index contributed by atoms with van der Waals surface area (Å²) in [5.41, 5.74) is 1.70. The summed E-state index contributed by atoms with van der Waals surface area (Å²) >= 11 is 0. The second kappa shape index (κ2) is 8.24. The molecule has 1 N–H and O–H groups in total. The fourth-order valence-electron chi connectivity index (χ4n) is 3.03. The highest BCUT2D eigenvalue weighted by Crippen LogP contribution is 2.38. The molecule has 1 aromatic rings. The van der Waals surface area contributed by atoms with Crippen LogP contribution >= 0.6 is 0 Å². The largest absolute Gasteiger partial charge is 0.496 e. The molecule has 1 fully saturated rings. The number of nitrogens with zero attached hydrogens (tertiary/aromatic N) is 2. The second-order valence-corrected chi connectivity index (χ2v) is 6.52. The molecule has 2 amide bonds. The Bertz CT molecular complexity index is 550. The summed E-state index contributed by atoms with van der Waals surface area (Å²) in [5, 5.41) is 2.98. The van der Waals surface area contributed by atoms with E-state index in [0.717, 1.165) is 49.7 Å². The average Bonchev–Trinajstić information content (AvgIpc) is 2.78. The van der Waals surface area contributed by atoms with Crippen molar-refractivity contribution < 1.29 is 14.3 Å². The average molecular weight is 335 g/mol. The number of anilines is 1. The van der Waals surface area contributed by atoms with Crippen molar-refractivity contribution in [2.24, 2.45) is 0 Å². The zero-order chi connectivity index (χ0) is 17.7. The number of hydrogen-bond acceptors (Lipinski definition) is 4. The third kappa shape index (κ3) is 4.32. The maximum atomic E-state index is 12.6. The van der Waals surface area contributed by atoms with Gasteiger partial charge in [0.1, 0.15) is 11.5 Å². The molecule has 0 aliphatic carbocycles. The van der Waals surface area contributed by atoms with Gasteiger partial charge in [0.2, 0.25) is 0 Å². The minimum absolute atomic E-state index is 0.0771. The van der Waals surface area contributed by atoms with Crippen LogP contribution in [0.15, 0.2) is 12.1 Å². The molecule has 1 heterocycles. The third-order valence-electron chi connectivity index (χ3n) is 4.38. The fraction of sp³-hybridized carbons (Fsp3) is 0.611. The minimum Gasteiger partial charge on any atom is -0.496 e. The van der Waals surface area contributed by atoms with Crippen LogP contribution in [0.1, 0.15) is 31.7 Å². The van der Waals surface area contributed by atoms with Gasteiger partial charge in [0.15, 0.2) is 0 Å². The van der Waals surface area contributed by atoms with Gasteiger partial charge in [-0.05, 0) is 25.9 Å². The van der Waals surface area contributed by atoms with Gasteiger partial charge >= 0.3 is 6.03 Å². The maximum absolute atomic E-state index is 12.6. The van der Waals surface area contributed by atoms with Crippen LogP contribution in [0.25, 0.3) is 0 Å². The number of likely N-dealkylation sites (N-methyl/N-ethyl adjacent to an activating group) is 1. The topological polar surface area (TPSA) is 54.0 Å². The van der Waals surface area contributed by atoms with Crippen LogP contribution in [0.5, 0.6) is 11.5 Å². The number of urea groups is 1.